The average Bonchev–Trinajstić information content (AvgIpc) is 2.82. The Labute approximate surface area is 195 Å². The summed E-state index contributed by atoms with van der Waals surface area (Å²) in [6, 6.07) is 21.2. The first-order valence-electron chi connectivity index (χ1n) is 9.86. The summed E-state index contributed by atoms with van der Waals surface area (Å²) in [5, 5.41) is 14.8. The lowest BCUT2D eigenvalue weighted by atomic mass is 10.1. The minimum absolute atomic E-state index is 0.0747. The summed E-state index contributed by atoms with van der Waals surface area (Å²) < 4.78 is 18.4. The fourth-order valence-electron chi connectivity index (χ4n) is 2.79. The predicted molar refractivity (Wildman–Crippen MR) is 124 cm³/mol. The molecule has 0 saturated carbocycles. The molecule has 0 unspecified atom stereocenters. The van der Waals surface area contributed by atoms with Gasteiger partial charge in [-0.15, -0.1) is 0 Å². The monoisotopic (exact) mass is 463 g/mol. The zero-order valence-corrected chi connectivity index (χ0v) is 18.1. The largest absolute Gasteiger partial charge is 0.482 e. The first kappa shape index (κ1) is 23.5. The van der Waals surface area contributed by atoms with Gasteiger partial charge in [-0.1, -0.05) is 48.0 Å². The van der Waals surface area contributed by atoms with E-state index in [1.807, 2.05) is 36.4 Å². The van der Waals surface area contributed by atoms with Crippen LogP contribution in [0.1, 0.15) is 11.1 Å². The third-order valence-electron chi connectivity index (χ3n) is 4.41. The highest BCUT2D eigenvalue weighted by Crippen LogP contribution is 2.26. The molecule has 2 N–H and O–H groups in total. The molecule has 0 saturated heterocycles. The lowest BCUT2D eigenvalue weighted by Gasteiger charge is -2.09. The van der Waals surface area contributed by atoms with E-state index < -0.39 is 17.6 Å². The van der Waals surface area contributed by atoms with Crippen molar-refractivity contribution in [2.24, 2.45) is 0 Å². The summed E-state index contributed by atoms with van der Waals surface area (Å²) in [4.78, 5) is 24.3. The highest BCUT2D eigenvalue weighted by atomic mass is 35.5. The Bertz CT molecular complexity index is 1210. The molecule has 0 radical (unpaired) electrons. The molecule has 0 aliphatic carbocycles. The fraction of sp³-hybridized carbons (Fsp3) is 0.0800. The van der Waals surface area contributed by atoms with Gasteiger partial charge >= 0.3 is 0 Å². The topological polar surface area (TPSA) is 91.2 Å². The van der Waals surface area contributed by atoms with Crippen molar-refractivity contribution in [2.45, 2.75) is 6.54 Å². The summed E-state index contributed by atoms with van der Waals surface area (Å²) in [5.41, 5.74) is 1.80. The molecule has 0 aromatic heterocycles. The molecule has 0 bridgehead atoms. The third-order valence-corrected chi connectivity index (χ3v) is 4.71. The molecule has 0 heterocycles. The minimum atomic E-state index is -0.504. The van der Waals surface area contributed by atoms with E-state index in [2.05, 4.69) is 10.6 Å². The van der Waals surface area contributed by atoms with Crippen molar-refractivity contribution in [3.63, 3.8) is 0 Å². The number of halogens is 2. The normalized spacial score (nSPS) is 10.8. The quantitative estimate of drug-likeness (QED) is 0.373. The van der Waals surface area contributed by atoms with Gasteiger partial charge in [0.15, 0.2) is 6.61 Å². The molecule has 0 fully saturated rings. The number of anilines is 1. The van der Waals surface area contributed by atoms with E-state index in [-0.39, 0.29) is 23.0 Å². The van der Waals surface area contributed by atoms with Crippen LogP contribution in [0.15, 0.2) is 78.4 Å². The van der Waals surface area contributed by atoms with Gasteiger partial charge < -0.3 is 15.4 Å². The van der Waals surface area contributed by atoms with Crippen molar-refractivity contribution in [1.29, 1.82) is 5.26 Å². The molecule has 3 aromatic carbocycles. The number of nitriles is 1. The molecular weight excluding hydrogens is 445 g/mol. The van der Waals surface area contributed by atoms with E-state index in [1.165, 1.54) is 42.5 Å². The van der Waals surface area contributed by atoms with Crippen LogP contribution in [0.25, 0.3) is 6.08 Å². The minimum Gasteiger partial charge on any atom is -0.482 e. The number of hydrogen-bond donors (Lipinski definition) is 2. The Balaban J connectivity index is 1.58. The molecule has 0 spiro atoms. The van der Waals surface area contributed by atoms with Gasteiger partial charge in [-0.25, -0.2) is 4.39 Å². The van der Waals surface area contributed by atoms with Gasteiger partial charge in [0, 0.05) is 12.2 Å². The van der Waals surface area contributed by atoms with Crippen molar-refractivity contribution in [1.82, 2.24) is 5.32 Å². The molecule has 3 rings (SSSR count). The van der Waals surface area contributed by atoms with E-state index in [9.17, 15) is 19.2 Å². The van der Waals surface area contributed by atoms with Crippen LogP contribution in [0.2, 0.25) is 5.02 Å². The van der Waals surface area contributed by atoms with Crippen LogP contribution in [0.5, 0.6) is 5.75 Å². The molecule has 6 nitrogen and oxygen atoms in total. The molecule has 0 atom stereocenters. The zero-order valence-electron chi connectivity index (χ0n) is 17.3. The molecular formula is C25H19ClFN3O3. The number of rotatable bonds is 8. The van der Waals surface area contributed by atoms with E-state index in [0.29, 0.717) is 17.8 Å². The first-order valence-corrected chi connectivity index (χ1v) is 10.2. The number of nitrogens with one attached hydrogen (secondary N) is 2. The highest BCUT2D eigenvalue weighted by Gasteiger charge is 2.11. The number of hydrogen-bond acceptors (Lipinski definition) is 4. The van der Waals surface area contributed by atoms with E-state index in [0.717, 1.165) is 5.56 Å². The van der Waals surface area contributed by atoms with Gasteiger partial charge in [0.1, 0.15) is 23.2 Å². The van der Waals surface area contributed by atoms with Crippen molar-refractivity contribution < 1.29 is 18.7 Å². The zero-order chi connectivity index (χ0) is 23.6. The predicted octanol–water partition coefficient (Wildman–Crippen LogP) is 4.72. The summed E-state index contributed by atoms with van der Waals surface area (Å²) in [7, 11) is 0. The van der Waals surface area contributed by atoms with Crippen LogP contribution in [-0.4, -0.2) is 18.4 Å². The van der Waals surface area contributed by atoms with Crippen LogP contribution in [0.4, 0.5) is 10.1 Å². The van der Waals surface area contributed by atoms with Crippen LogP contribution < -0.4 is 15.4 Å². The van der Waals surface area contributed by atoms with Gasteiger partial charge in [0.05, 0.1) is 5.02 Å². The Morgan fingerprint density at radius 3 is 2.45 bits per heavy atom. The lowest BCUT2D eigenvalue weighted by Crippen LogP contribution is -2.23. The van der Waals surface area contributed by atoms with Gasteiger partial charge in [-0.2, -0.15) is 5.26 Å². The van der Waals surface area contributed by atoms with Crippen LogP contribution >= 0.6 is 11.6 Å². The molecule has 8 heteroatoms. The second kappa shape index (κ2) is 11.5. The molecule has 33 heavy (non-hydrogen) atoms. The maximum absolute atomic E-state index is 12.9. The molecule has 166 valence electrons. The van der Waals surface area contributed by atoms with Crippen LogP contribution in [-0.2, 0) is 16.1 Å². The van der Waals surface area contributed by atoms with Crippen molar-refractivity contribution in [3.8, 4) is 11.8 Å². The summed E-state index contributed by atoms with van der Waals surface area (Å²) >= 11 is 6.23. The number of ether oxygens (including phenoxy) is 1. The highest BCUT2D eigenvalue weighted by molar-refractivity contribution is 6.32. The number of nitrogens with zero attached hydrogens (tertiary/aromatic N) is 1. The van der Waals surface area contributed by atoms with Crippen molar-refractivity contribution >= 4 is 35.2 Å². The number of benzene rings is 3. The first-order chi connectivity index (χ1) is 15.9. The number of carbonyl (C=O) groups excluding carboxylic acids is 2. The fourth-order valence-corrected chi connectivity index (χ4v) is 3.03. The molecule has 2 amide bonds. The maximum Gasteiger partial charge on any atom is 0.262 e. The number of carbonyl (C=O) groups is 2. The summed E-state index contributed by atoms with van der Waals surface area (Å²) in [6.45, 7) is -0.0101. The van der Waals surface area contributed by atoms with Crippen LogP contribution in [0, 0.1) is 17.1 Å². The van der Waals surface area contributed by atoms with Gasteiger partial charge in [0.2, 0.25) is 0 Å². The SMILES string of the molecule is N#CC(=Cc1ccc(OCC(=O)Nc2ccc(F)cc2)c(Cl)c1)C(=O)NCc1ccccc1. The average molecular weight is 464 g/mol. The smallest absolute Gasteiger partial charge is 0.262 e. The standard InChI is InChI=1S/C25H19ClFN3O3/c26-22-13-18(12-19(14-28)25(32)29-15-17-4-2-1-3-5-17)6-11-23(22)33-16-24(31)30-21-9-7-20(27)8-10-21/h1-13H,15-16H2,(H,29,32)(H,30,31). The molecule has 0 aliphatic rings. The maximum atomic E-state index is 12.9. The Hall–Kier alpha value is -4.15. The molecule has 3 aromatic rings. The second-order valence-electron chi connectivity index (χ2n) is 6.87. The van der Waals surface area contributed by atoms with E-state index in [1.54, 1.807) is 6.07 Å². The Morgan fingerprint density at radius 2 is 1.79 bits per heavy atom. The summed E-state index contributed by atoms with van der Waals surface area (Å²) in [5.74, 6) is -1.09. The van der Waals surface area contributed by atoms with Crippen molar-refractivity contribution in [2.75, 3.05) is 11.9 Å². The summed E-state index contributed by atoms with van der Waals surface area (Å²) in [6.07, 6.45) is 1.41. The van der Waals surface area contributed by atoms with E-state index in [4.69, 9.17) is 16.3 Å². The third kappa shape index (κ3) is 7.20. The van der Waals surface area contributed by atoms with Crippen LogP contribution in [0.3, 0.4) is 0 Å². The molecule has 0 aliphatic heterocycles. The van der Waals surface area contributed by atoms with E-state index >= 15 is 0 Å². The van der Waals surface area contributed by atoms with Gasteiger partial charge in [-0.3, -0.25) is 9.59 Å². The van der Waals surface area contributed by atoms with Crippen molar-refractivity contribution in [3.05, 3.63) is 100 Å². The lowest BCUT2D eigenvalue weighted by molar-refractivity contribution is -0.118. The Kier molecular flexibility index (Phi) is 8.17. The number of amides is 2. The second-order valence-corrected chi connectivity index (χ2v) is 7.28. The van der Waals surface area contributed by atoms with Gasteiger partial charge in [-0.05, 0) is 53.6 Å². The van der Waals surface area contributed by atoms with Gasteiger partial charge in [0.25, 0.3) is 11.8 Å². The Morgan fingerprint density at radius 1 is 1.06 bits per heavy atom.